The highest BCUT2D eigenvalue weighted by Crippen LogP contribution is 2.14. The van der Waals surface area contributed by atoms with Crippen molar-refractivity contribution in [3.8, 4) is 0 Å². The van der Waals surface area contributed by atoms with Gasteiger partial charge in [0, 0.05) is 18.4 Å². The van der Waals surface area contributed by atoms with E-state index in [2.05, 4.69) is 19.9 Å². The van der Waals surface area contributed by atoms with Crippen molar-refractivity contribution in [2.45, 2.75) is 27.0 Å². The Labute approximate surface area is 153 Å². The molecule has 0 saturated heterocycles. The highest BCUT2D eigenvalue weighted by atomic mass is 16.6. The zero-order valence-corrected chi connectivity index (χ0v) is 14.8. The summed E-state index contributed by atoms with van der Waals surface area (Å²) >= 11 is 0. The SMILES string of the molecule is CCn1cc(C(=O)OCc2ccc3nonc3c2)c(=O)c2ccc(C)nc21. The summed E-state index contributed by atoms with van der Waals surface area (Å²) in [4.78, 5) is 29.7. The topological polar surface area (TPSA) is 100 Å². The number of carbonyl (C=O) groups is 1. The average Bonchev–Trinajstić information content (AvgIpc) is 3.14. The molecule has 4 rings (SSSR count). The molecule has 0 atom stereocenters. The average molecular weight is 364 g/mol. The van der Waals surface area contributed by atoms with Gasteiger partial charge in [-0.25, -0.2) is 14.4 Å². The van der Waals surface area contributed by atoms with Crippen LogP contribution in [0.25, 0.3) is 22.1 Å². The highest BCUT2D eigenvalue weighted by molar-refractivity contribution is 5.93. The molecule has 0 aliphatic heterocycles. The van der Waals surface area contributed by atoms with Gasteiger partial charge in [0.2, 0.25) is 5.43 Å². The van der Waals surface area contributed by atoms with E-state index in [-0.39, 0.29) is 17.6 Å². The second-order valence-electron chi connectivity index (χ2n) is 6.15. The minimum Gasteiger partial charge on any atom is -0.457 e. The van der Waals surface area contributed by atoms with Crippen molar-refractivity contribution in [1.82, 2.24) is 19.9 Å². The number of aromatic nitrogens is 4. The van der Waals surface area contributed by atoms with Crippen LogP contribution in [-0.2, 0) is 17.9 Å². The minimum absolute atomic E-state index is 0.0113. The molecule has 0 saturated carbocycles. The van der Waals surface area contributed by atoms with Crippen LogP contribution in [0.5, 0.6) is 0 Å². The first-order chi connectivity index (χ1) is 13.1. The Morgan fingerprint density at radius 2 is 2.00 bits per heavy atom. The van der Waals surface area contributed by atoms with Crippen LogP contribution in [0, 0.1) is 6.92 Å². The number of aryl methyl sites for hydroxylation is 2. The maximum atomic E-state index is 12.7. The third-order valence-corrected chi connectivity index (χ3v) is 4.31. The van der Waals surface area contributed by atoms with E-state index in [4.69, 9.17) is 4.74 Å². The number of carbonyl (C=O) groups excluding carboxylic acids is 1. The van der Waals surface area contributed by atoms with E-state index in [0.29, 0.717) is 28.6 Å². The Kier molecular flexibility index (Phi) is 4.15. The second-order valence-corrected chi connectivity index (χ2v) is 6.15. The molecule has 0 unspecified atom stereocenters. The van der Waals surface area contributed by atoms with Gasteiger partial charge >= 0.3 is 5.97 Å². The maximum absolute atomic E-state index is 12.7. The minimum atomic E-state index is -0.678. The molecule has 0 aliphatic carbocycles. The number of ether oxygens (including phenoxy) is 1. The first-order valence-corrected chi connectivity index (χ1v) is 8.46. The van der Waals surface area contributed by atoms with Crippen LogP contribution >= 0.6 is 0 Å². The summed E-state index contributed by atoms with van der Waals surface area (Å²) < 4.78 is 11.8. The lowest BCUT2D eigenvalue weighted by atomic mass is 10.1. The predicted octanol–water partition coefficient (Wildman–Crippen LogP) is 2.62. The molecule has 0 bridgehead atoms. The molecule has 4 aromatic rings. The normalized spacial score (nSPS) is 11.2. The van der Waals surface area contributed by atoms with Crippen molar-refractivity contribution in [3.63, 3.8) is 0 Å². The molecule has 0 radical (unpaired) electrons. The summed E-state index contributed by atoms with van der Waals surface area (Å²) in [5.74, 6) is -0.678. The molecule has 27 heavy (non-hydrogen) atoms. The van der Waals surface area contributed by atoms with Crippen molar-refractivity contribution in [2.75, 3.05) is 0 Å². The van der Waals surface area contributed by atoms with Crippen molar-refractivity contribution >= 4 is 28.0 Å². The van der Waals surface area contributed by atoms with Crippen LogP contribution in [0.2, 0.25) is 0 Å². The number of pyridine rings is 2. The number of nitrogens with zero attached hydrogens (tertiary/aromatic N) is 4. The monoisotopic (exact) mass is 364 g/mol. The van der Waals surface area contributed by atoms with Crippen molar-refractivity contribution in [1.29, 1.82) is 0 Å². The van der Waals surface area contributed by atoms with Crippen LogP contribution in [0.3, 0.4) is 0 Å². The lowest BCUT2D eigenvalue weighted by Crippen LogP contribution is -2.21. The molecule has 0 spiro atoms. The molecule has 8 heteroatoms. The number of fused-ring (bicyclic) bond motifs is 2. The first-order valence-electron chi connectivity index (χ1n) is 8.46. The quantitative estimate of drug-likeness (QED) is 0.513. The molecular formula is C19H16N4O4. The van der Waals surface area contributed by atoms with Crippen LogP contribution < -0.4 is 5.43 Å². The van der Waals surface area contributed by atoms with E-state index in [1.807, 2.05) is 13.8 Å². The van der Waals surface area contributed by atoms with Gasteiger partial charge < -0.3 is 9.30 Å². The molecule has 3 heterocycles. The lowest BCUT2D eigenvalue weighted by Gasteiger charge is -2.11. The smallest absolute Gasteiger partial charge is 0.344 e. The van der Waals surface area contributed by atoms with E-state index in [0.717, 1.165) is 11.3 Å². The van der Waals surface area contributed by atoms with Gasteiger partial charge in [0.05, 0.1) is 5.39 Å². The molecule has 3 aromatic heterocycles. The Hall–Kier alpha value is -3.55. The van der Waals surface area contributed by atoms with Gasteiger partial charge in [-0.1, -0.05) is 6.07 Å². The zero-order chi connectivity index (χ0) is 19.0. The fourth-order valence-electron chi connectivity index (χ4n) is 2.89. The molecule has 0 N–H and O–H groups in total. The lowest BCUT2D eigenvalue weighted by molar-refractivity contribution is 0.0470. The molecule has 136 valence electrons. The van der Waals surface area contributed by atoms with E-state index in [9.17, 15) is 9.59 Å². The van der Waals surface area contributed by atoms with Gasteiger partial charge in [-0.3, -0.25) is 4.79 Å². The van der Waals surface area contributed by atoms with Crippen LogP contribution in [0.15, 0.2) is 46.0 Å². The fourth-order valence-corrected chi connectivity index (χ4v) is 2.89. The van der Waals surface area contributed by atoms with Gasteiger partial charge in [0.1, 0.15) is 28.9 Å². The van der Waals surface area contributed by atoms with E-state index in [1.54, 1.807) is 34.9 Å². The standard InChI is InChI=1S/C19H16N4O4/c1-3-23-9-14(17(24)13-6-4-11(2)20-18(13)23)19(25)26-10-12-5-7-15-16(8-12)22-27-21-15/h4-9H,3,10H2,1-2H3. The first kappa shape index (κ1) is 16.9. The molecule has 1 aromatic carbocycles. The van der Waals surface area contributed by atoms with E-state index in [1.165, 1.54) is 6.20 Å². The number of rotatable bonds is 4. The van der Waals surface area contributed by atoms with Gasteiger partial charge in [-0.2, -0.15) is 0 Å². The largest absolute Gasteiger partial charge is 0.457 e. The Balaban J connectivity index is 1.64. The van der Waals surface area contributed by atoms with Gasteiger partial charge in [-0.05, 0) is 54.0 Å². The Morgan fingerprint density at radius 1 is 1.19 bits per heavy atom. The molecule has 8 nitrogen and oxygen atoms in total. The maximum Gasteiger partial charge on any atom is 0.344 e. The van der Waals surface area contributed by atoms with Gasteiger partial charge in [0.25, 0.3) is 0 Å². The van der Waals surface area contributed by atoms with E-state index < -0.39 is 5.97 Å². The van der Waals surface area contributed by atoms with E-state index >= 15 is 0 Å². The summed E-state index contributed by atoms with van der Waals surface area (Å²) in [6.45, 7) is 4.36. The third-order valence-electron chi connectivity index (χ3n) is 4.31. The Morgan fingerprint density at radius 3 is 2.81 bits per heavy atom. The predicted molar refractivity (Wildman–Crippen MR) is 97.3 cm³/mol. The van der Waals surface area contributed by atoms with Crippen LogP contribution in [-0.4, -0.2) is 25.8 Å². The molecule has 0 amide bonds. The summed E-state index contributed by atoms with van der Waals surface area (Å²) in [5.41, 5.74) is 2.88. The second kappa shape index (κ2) is 6.64. The summed E-state index contributed by atoms with van der Waals surface area (Å²) in [7, 11) is 0. The fraction of sp³-hybridized carbons (Fsp3) is 0.211. The molecule has 0 aliphatic rings. The number of hydrogen-bond acceptors (Lipinski definition) is 7. The van der Waals surface area contributed by atoms with Gasteiger partial charge in [-0.15, -0.1) is 0 Å². The third kappa shape index (κ3) is 3.05. The zero-order valence-electron chi connectivity index (χ0n) is 14.8. The summed E-state index contributed by atoms with van der Waals surface area (Å²) in [6, 6.07) is 8.64. The van der Waals surface area contributed by atoms with Crippen LogP contribution in [0.4, 0.5) is 0 Å². The number of hydrogen-bond donors (Lipinski definition) is 0. The van der Waals surface area contributed by atoms with Crippen LogP contribution in [0.1, 0.15) is 28.5 Å². The van der Waals surface area contributed by atoms with Crippen molar-refractivity contribution < 1.29 is 14.2 Å². The highest BCUT2D eigenvalue weighted by Gasteiger charge is 2.17. The number of esters is 1. The molecular weight excluding hydrogens is 348 g/mol. The summed E-state index contributed by atoms with van der Waals surface area (Å²) in [6.07, 6.45) is 1.50. The van der Waals surface area contributed by atoms with Gasteiger partial charge in [0.15, 0.2) is 0 Å². The van der Waals surface area contributed by atoms with Crippen molar-refractivity contribution in [2.24, 2.45) is 0 Å². The Bertz CT molecular complexity index is 1230. The van der Waals surface area contributed by atoms with Crippen molar-refractivity contribution in [3.05, 3.63) is 63.6 Å². The number of benzene rings is 1. The molecule has 0 fully saturated rings. The summed E-state index contributed by atoms with van der Waals surface area (Å²) in [5, 5.41) is 7.88.